The summed E-state index contributed by atoms with van der Waals surface area (Å²) < 4.78 is 4.96. The van der Waals surface area contributed by atoms with Crippen LogP contribution < -0.4 is 17.7 Å². The van der Waals surface area contributed by atoms with Crippen LogP contribution in [0.3, 0.4) is 0 Å². The molecule has 0 spiro atoms. The zero-order chi connectivity index (χ0) is 30.0. The van der Waals surface area contributed by atoms with Gasteiger partial charge in [-0.25, -0.2) is 15.0 Å². The van der Waals surface area contributed by atoms with Crippen LogP contribution in [-0.4, -0.2) is 66.9 Å². The molecule has 2 radical (unpaired) electrons. The molecule has 1 fully saturated rings. The number of nitrogens with one attached hydrogen (secondary N) is 1. The molecule has 6 rings (SSSR count). The number of rotatable bonds is 5. The fourth-order valence-corrected chi connectivity index (χ4v) is 6.92. The summed E-state index contributed by atoms with van der Waals surface area (Å²) in [5.41, 5.74) is 12.7. The van der Waals surface area contributed by atoms with Crippen LogP contribution in [0, 0.1) is 11.8 Å². The third-order valence-corrected chi connectivity index (χ3v) is 9.29. The molecular formula is C34H36ClInN4O4. The van der Waals surface area contributed by atoms with E-state index in [-0.39, 0.29) is 68.3 Å². The third kappa shape index (κ3) is 5.36. The van der Waals surface area contributed by atoms with Crippen LogP contribution in [0.1, 0.15) is 67.2 Å². The van der Waals surface area contributed by atoms with Gasteiger partial charge in [0.2, 0.25) is 0 Å². The maximum atomic E-state index is 12.9. The Bertz CT molecular complexity index is 1740. The zero-order valence-corrected chi connectivity index (χ0v) is 30.2. The van der Waals surface area contributed by atoms with Gasteiger partial charge in [0.1, 0.15) is 5.76 Å². The minimum Gasteiger partial charge on any atom is -1.00 e. The van der Waals surface area contributed by atoms with Crippen LogP contribution in [0.2, 0.25) is 0 Å². The van der Waals surface area contributed by atoms with E-state index in [0.717, 1.165) is 79.8 Å². The molecule has 2 atom stereocenters. The van der Waals surface area contributed by atoms with Gasteiger partial charge in [-0.1, -0.05) is 13.8 Å². The van der Waals surface area contributed by atoms with Gasteiger partial charge >= 0.3 is 31.8 Å². The number of methoxy groups -OCH3 is 1. The number of nitrogens with zero attached hydrogens (tertiary/aromatic N) is 3. The number of halogens is 1. The van der Waals surface area contributed by atoms with E-state index in [1.54, 1.807) is 6.92 Å². The summed E-state index contributed by atoms with van der Waals surface area (Å²) >= 11 is 0. The van der Waals surface area contributed by atoms with Crippen molar-refractivity contribution < 1.29 is 31.8 Å². The van der Waals surface area contributed by atoms with Crippen LogP contribution in [-0.2, 0) is 14.3 Å². The quantitative estimate of drug-likeness (QED) is 0.426. The van der Waals surface area contributed by atoms with E-state index < -0.39 is 0 Å². The van der Waals surface area contributed by atoms with Gasteiger partial charge in [0.15, 0.2) is 5.78 Å². The summed E-state index contributed by atoms with van der Waals surface area (Å²) in [4.78, 5) is 40.1. The molecule has 0 unspecified atom stereocenters. The Kier molecular flexibility index (Phi) is 9.71. The van der Waals surface area contributed by atoms with E-state index in [9.17, 15) is 14.7 Å². The first kappa shape index (κ1) is 33.7. The van der Waals surface area contributed by atoms with Gasteiger partial charge < -0.3 is 27.6 Å². The van der Waals surface area contributed by atoms with Gasteiger partial charge in [-0.2, -0.15) is 0 Å². The number of carbonyl (C=O) groups is 2. The Hall–Kier alpha value is -3.17. The van der Waals surface area contributed by atoms with Crippen LogP contribution in [0.4, 0.5) is 0 Å². The van der Waals surface area contributed by atoms with E-state index in [0.29, 0.717) is 29.9 Å². The van der Waals surface area contributed by atoms with Crippen molar-refractivity contribution in [2.24, 2.45) is 26.8 Å². The molecule has 1 saturated heterocycles. The maximum absolute atomic E-state index is 12.9. The molecule has 1 aliphatic carbocycles. The van der Waals surface area contributed by atoms with Crippen molar-refractivity contribution in [1.82, 2.24) is 5.32 Å². The van der Waals surface area contributed by atoms with Gasteiger partial charge in [-0.05, 0) is 81.1 Å². The van der Waals surface area contributed by atoms with Crippen molar-refractivity contribution in [1.29, 1.82) is 0 Å². The summed E-state index contributed by atoms with van der Waals surface area (Å²) in [6.07, 6.45) is 7.96. The van der Waals surface area contributed by atoms with Crippen LogP contribution in [0.25, 0.3) is 0 Å². The van der Waals surface area contributed by atoms with Gasteiger partial charge in [0.05, 0.1) is 41.3 Å². The van der Waals surface area contributed by atoms with E-state index in [4.69, 9.17) is 19.7 Å². The molecule has 10 heteroatoms. The number of allylic oxidation sites excluding steroid dienone is 12. The molecule has 5 heterocycles. The van der Waals surface area contributed by atoms with Crippen LogP contribution in [0.5, 0.6) is 0 Å². The molecule has 0 aromatic heterocycles. The number of hydrogen-bond acceptors (Lipinski definition) is 8. The van der Waals surface area contributed by atoms with Crippen molar-refractivity contribution in [2.75, 3.05) is 7.11 Å². The molecule has 44 heavy (non-hydrogen) atoms. The maximum Gasteiger partial charge on any atom is 1.00 e. The molecular weight excluding hydrogens is 679 g/mol. The summed E-state index contributed by atoms with van der Waals surface area (Å²) in [5, 5.41) is 14.8. The number of aliphatic hydroxyl groups is 1. The van der Waals surface area contributed by atoms with E-state index >= 15 is 0 Å². The number of carbonyl (C=O) groups excluding carboxylic acids is 2. The number of ether oxygens (including phenoxy) is 1. The minimum atomic E-state index is -0.258. The van der Waals surface area contributed by atoms with Gasteiger partial charge in [0.25, 0.3) is 0 Å². The average Bonchev–Trinajstić information content (AvgIpc) is 3.70. The Morgan fingerprint density at radius 2 is 1.70 bits per heavy atom. The predicted octanol–water partition coefficient (Wildman–Crippen LogP) is 2.82. The summed E-state index contributed by atoms with van der Waals surface area (Å²) in [7, 11) is 1.40. The second kappa shape index (κ2) is 12.7. The van der Waals surface area contributed by atoms with Crippen molar-refractivity contribution in [3.05, 3.63) is 91.5 Å². The van der Waals surface area contributed by atoms with Crippen molar-refractivity contribution >= 4 is 54.7 Å². The monoisotopic (exact) mass is 714 g/mol. The normalized spacial score (nSPS) is 23.5. The third-order valence-electron chi connectivity index (χ3n) is 9.29. The van der Waals surface area contributed by atoms with Gasteiger partial charge in [-0.3, -0.25) is 9.59 Å². The topological polar surface area (TPSA) is 113 Å². The zero-order valence-electron chi connectivity index (χ0n) is 26.2. The number of ketones is 1. The van der Waals surface area contributed by atoms with Crippen molar-refractivity contribution in [3.63, 3.8) is 0 Å². The first-order valence-electron chi connectivity index (χ1n) is 14.6. The SMILES string of the molecule is CCC1=C(C)C2=NC1=CC1=C(C)C3=C(O)CC(=C4NC(=CC5=NC(=C2)C(C(C)=O)=C5C)[C@@H](C)[C@@H]4CCC(=O)OC)C3=N1.[Cl-].[In+]. The second-order valence-electron chi connectivity index (χ2n) is 11.7. The average molecular weight is 715 g/mol. The van der Waals surface area contributed by atoms with Crippen molar-refractivity contribution in [3.8, 4) is 0 Å². The summed E-state index contributed by atoms with van der Waals surface area (Å²) in [6, 6.07) is 0. The van der Waals surface area contributed by atoms with Crippen molar-refractivity contribution in [2.45, 2.75) is 67.2 Å². The molecule has 226 valence electrons. The molecule has 8 bridgehead atoms. The smallest absolute Gasteiger partial charge is 1.00 e. The standard InChI is InChI=1S/C34H36N4O4.ClH.In/c1-8-20-15(2)23-14-28-31(19(6)39)17(4)25(36-28)12-24-16(3)21(9-10-30(41)42-7)33(37-24)22-11-29(40)32-18(5)26(38-34(22)32)13-27(20)35-23;;/h12-14,16,21,37,40H,8-11H2,1-7H3;1H;/q;;+1/p-1/t16-,21-;;/m0../s1. The largest absolute Gasteiger partial charge is 1.00 e. The van der Waals surface area contributed by atoms with E-state index in [2.05, 4.69) is 26.1 Å². The number of fused-ring (bicyclic) bond motifs is 5. The Balaban J connectivity index is 0.00000221. The molecule has 0 aromatic rings. The van der Waals surface area contributed by atoms with Crippen LogP contribution in [0.15, 0.2) is 106 Å². The number of aliphatic hydroxyl groups excluding tert-OH is 1. The number of aliphatic imine (C=N–C) groups is 3. The molecule has 0 saturated carbocycles. The number of Topliss-reactive ketones (excluding diaryl/α,β-unsaturated/α-hetero) is 1. The van der Waals surface area contributed by atoms with Gasteiger partial charge in [0, 0.05) is 52.8 Å². The molecule has 6 aliphatic rings. The fraction of sp³-hybridized carbons (Fsp3) is 0.382. The molecule has 5 aliphatic heterocycles. The summed E-state index contributed by atoms with van der Waals surface area (Å²) in [6.45, 7) is 11.8. The fourth-order valence-electron chi connectivity index (χ4n) is 6.92. The van der Waals surface area contributed by atoms with Crippen LogP contribution >= 0.6 is 0 Å². The first-order valence-corrected chi connectivity index (χ1v) is 14.6. The number of hydrogen-bond donors (Lipinski definition) is 2. The summed E-state index contributed by atoms with van der Waals surface area (Å²) in [5.74, 6) is 0.00792. The Morgan fingerprint density at radius 3 is 2.36 bits per heavy atom. The molecule has 8 nitrogen and oxygen atoms in total. The van der Waals surface area contributed by atoms with Gasteiger partial charge in [-0.15, -0.1) is 0 Å². The Morgan fingerprint density at radius 1 is 1.02 bits per heavy atom. The molecule has 0 aromatic carbocycles. The second-order valence-corrected chi connectivity index (χ2v) is 11.7. The predicted molar refractivity (Wildman–Crippen MR) is 170 cm³/mol. The minimum absolute atomic E-state index is 0. The van der Waals surface area contributed by atoms with E-state index in [1.165, 1.54) is 7.11 Å². The molecule has 2 N–H and O–H groups in total. The first-order chi connectivity index (χ1) is 20.0. The van der Waals surface area contributed by atoms with E-state index in [1.807, 2.05) is 32.1 Å². The molecule has 0 amide bonds. The Labute approximate surface area is 283 Å². The number of esters is 1.